The number of hydrogen-bond donors (Lipinski definition) is 1. The van der Waals surface area contributed by atoms with Crippen LogP contribution in [0.5, 0.6) is 0 Å². The quantitative estimate of drug-likeness (QED) is 0.850. The lowest BCUT2D eigenvalue weighted by atomic mass is 10.1. The molecule has 0 bridgehead atoms. The number of halogens is 2. The van der Waals surface area contributed by atoms with E-state index >= 15 is 0 Å². The van der Waals surface area contributed by atoms with Crippen molar-refractivity contribution in [3.8, 4) is 0 Å². The Balaban J connectivity index is 1.97. The summed E-state index contributed by atoms with van der Waals surface area (Å²) in [7, 11) is 0. The predicted molar refractivity (Wildman–Crippen MR) is 75.6 cm³/mol. The number of hydrogen-bond acceptors (Lipinski definition) is 2. The highest BCUT2D eigenvalue weighted by atomic mass is 35.5. The van der Waals surface area contributed by atoms with Crippen LogP contribution in [0.15, 0.2) is 24.3 Å². The van der Waals surface area contributed by atoms with Crippen LogP contribution in [0.2, 0.25) is 5.02 Å². The summed E-state index contributed by atoms with van der Waals surface area (Å²) in [6.07, 6.45) is 2.68. The van der Waals surface area contributed by atoms with Gasteiger partial charge in [0.15, 0.2) is 0 Å². The number of aromatic nitrogens is 2. The zero-order chi connectivity index (χ0) is 13.4. The highest BCUT2D eigenvalue weighted by Gasteiger charge is 2.24. The Kier molecular flexibility index (Phi) is 3.37. The topological polar surface area (TPSA) is 28.7 Å². The molecular formula is C14H12ClFN2S. The third kappa shape index (κ3) is 2.85. The lowest BCUT2D eigenvalue weighted by molar-refractivity contribution is 0.612. The van der Waals surface area contributed by atoms with E-state index in [1.165, 1.54) is 18.9 Å². The molecule has 98 valence electrons. The molecule has 0 unspecified atom stereocenters. The second-order valence-electron chi connectivity index (χ2n) is 4.77. The van der Waals surface area contributed by atoms with Gasteiger partial charge in [-0.15, -0.1) is 0 Å². The van der Waals surface area contributed by atoms with Crippen molar-refractivity contribution in [3.05, 3.63) is 56.8 Å². The molecular weight excluding hydrogens is 283 g/mol. The molecule has 0 spiro atoms. The molecule has 1 aliphatic carbocycles. The summed E-state index contributed by atoms with van der Waals surface area (Å²) in [6, 6.07) is 6.57. The zero-order valence-corrected chi connectivity index (χ0v) is 11.7. The lowest BCUT2D eigenvalue weighted by Crippen LogP contribution is -2.02. The number of nitrogens with one attached hydrogen (secondary N) is 1. The molecule has 1 N–H and O–H groups in total. The maximum atomic E-state index is 13.8. The Morgan fingerprint density at radius 1 is 1.42 bits per heavy atom. The average molecular weight is 295 g/mol. The molecule has 0 aliphatic heterocycles. The Morgan fingerprint density at radius 3 is 2.89 bits per heavy atom. The second kappa shape index (κ2) is 5.02. The summed E-state index contributed by atoms with van der Waals surface area (Å²) in [5, 5.41) is 0.415. The molecule has 1 aromatic heterocycles. The van der Waals surface area contributed by atoms with E-state index in [-0.39, 0.29) is 5.82 Å². The Labute approximate surface area is 120 Å². The molecule has 1 saturated carbocycles. The molecule has 0 radical (unpaired) electrons. The van der Waals surface area contributed by atoms with E-state index in [4.69, 9.17) is 23.8 Å². The van der Waals surface area contributed by atoms with Crippen LogP contribution in [0.4, 0.5) is 4.39 Å². The van der Waals surface area contributed by atoms with E-state index in [9.17, 15) is 4.39 Å². The van der Waals surface area contributed by atoms with E-state index in [1.807, 2.05) is 6.07 Å². The van der Waals surface area contributed by atoms with Gasteiger partial charge in [0.05, 0.1) is 0 Å². The molecule has 5 heteroatoms. The minimum atomic E-state index is -0.314. The molecule has 1 fully saturated rings. The van der Waals surface area contributed by atoms with Gasteiger partial charge in [0.2, 0.25) is 0 Å². The van der Waals surface area contributed by atoms with E-state index < -0.39 is 0 Å². The van der Waals surface area contributed by atoms with Gasteiger partial charge in [-0.05, 0) is 37.0 Å². The van der Waals surface area contributed by atoms with Crippen LogP contribution in [0.3, 0.4) is 0 Å². The first-order valence-corrected chi connectivity index (χ1v) is 6.95. The second-order valence-corrected chi connectivity index (χ2v) is 5.60. The van der Waals surface area contributed by atoms with Gasteiger partial charge < -0.3 is 4.98 Å². The van der Waals surface area contributed by atoms with Crippen LogP contribution in [0, 0.1) is 10.5 Å². The number of aromatic amines is 1. The van der Waals surface area contributed by atoms with Crippen molar-refractivity contribution in [1.29, 1.82) is 0 Å². The molecule has 1 aromatic carbocycles. The maximum absolute atomic E-state index is 13.8. The first-order valence-electron chi connectivity index (χ1n) is 6.16. The van der Waals surface area contributed by atoms with Crippen molar-refractivity contribution >= 4 is 23.8 Å². The first kappa shape index (κ1) is 12.8. The third-order valence-corrected chi connectivity index (χ3v) is 3.80. The van der Waals surface area contributed by atoms with Crippen LogP contribution < -0.4 is 0 Å². The lowest BCUT2D eigenvalue weighted by Gasteiger charge is -2.07. The van der Waals surface area contributed by atoms with Crippen molar-refractivity contribution in [2.75, 3.05) is 0 Å². The minimum absolute atomic E-state index is 0.314. The van der Waals surface area contributed by atoms with Gasteiger partial charge in [0, 0.05) is 22.7 Å². The normalized spacial score (nSPS) is 14.6. The van der Waals surface area contributed by atoms with Crippen molar-refractivity contribution < 1.29 is 4.39 Å². The molecule has 2 nitrogen and oxygen atoms in total. The van der Waals surface area contributed by atoms with Crippen molar-refractivity contribution in [2.24, 2.45) is 0 Å². The molecule has 1 aliphatic rings. The van der Waals surface area contributed by atoms with Crippen molar-refractivity contribution in [3.63, 3.8) is 0 Å². The van der Waals surface area contributed by atoms with Crippen LogP contribution >= 0.6 is 23.8 Å². The fourth-order valence-corrected chi connectivity index (χ4v) is 2.56. The van der Waals surface area contributed by atoms with Gasteiger partial charge >= 0.3 is 0 Å². The summed E-state index contributed by atoms with van der Waals surface area (Å²) >= 11 is 11.2. The Hall–Kier alpha value is -1.26. The van der Waals surface area contributed by atoms with E-state index in [0.717, 1.165) is 5.69 Å². The fraction of sp³-hybridized carbons (Fsp3) is 0.286. The first-order chi connectivity index (χ1) is 9.13. The number of nitrogens with zero attached hydrogens (tertiary/aromatic N) is 1. The van der Waals surface area contributed by atoms with Crippen LogP contribution in [0.1, 0.15) is 35.8 Å². The van der Waals surface area contributed by atoms with Crippen LogP contribution in [0.25, 0.3) is 0 Å². The van der Waals surface area contributed by atoms with Gasteiger partial charge in [-0.3, -0.25) is 0 Å². The highest BCUT2D eigenvalue weighted by molar-refractivity contribution is 7.71. The smallest absolute Gasteiger partial charge is 0.130 e. The standard InChI is InChI=1S/C14H12ClFN2S/c15-10-2-1-3-11(16)9(10)6-13-17-12(8-4-5-8)7-14(19)18-13/h1-3,7-8H,4-6H2,(H,17,18,19). The third-order valence-electron chi connectivity index (χ3n) is 3.24. The molecule has 19 heavy (non-hydrogen) atoms. The van der Waals surface area contributed by atoms with E-state index in [2.05, 4.69) is 9.97 Å². The Morgan fingerprint density at radius 2 is 2.21 bits per heavy atom. The van der Waals surface area contributed by atoms with Gasteiger partial charge in [-0.25, -0.2) is 9.37 Å². The fourth-order valence-electron chi connectivity index (χ4n) is 2.10. The average Bonchev–Trinajstić information content (AvgIpc) is 3.17. The van der Waals surface area contributed by atoms with Crippen molar-refractivity contribution in [2.45, 2.75) is 25.2 Å². The zero-order valence-electron chi connectivity index (χ0n) is 10.1. The number of rotatable bonds is 3. The van der Waals surface area contributed by atoms with Gasteiger partial charge in [-0.2, -0.15) is 0 Å². The highest BCUT2D eigenvalue weighted by Crippen LogP contribution is 2.39. The summed E-state index contributed by atoms with van der Waals surface area (Å²) < 4.78 is 14.3. The summed E-state index contributed by atoms with van der Waals surface area (Å²) in [6.45, 7) is 0. The minimum Gasteiger partial charge on any atom is -0.347 e. The van der Waals surface area contributed by atoms with E-state index in [0.29, 0.717) is 33.4 Å². The molecule has 0 atom stereocenters. The summed E-state index contributed by atoms with van der Waals surface area (Å²) in [5.74, 6) is 0.909. The van der Waals surface area contributed by atoms with Crippen LogP contribution in [-0.4, -0.2) is 9.97 Å². The van der Waals surface area contributed by atoms with Gasteiger partial charge in [0.25, 0.3) is 0 Å². The van der Waals surface area contributed by atoms with Gasteiger partial charge in [0.1, 0.15) is 16.3 Å². The number of benzene rings is 1. The van der Waals surface area contributed by atoms with Crippen molar-refractivity contribution in [1.82, 2.24) is 9.97 Å². The van der Waals surface area contributed by atoms with Gasteiger partial charge in [-0.1, -0.05) is 29.9 Å². The molecule has 1 heterocycles. The van der Waals surface area contributed by atoms with E-state index in [1.54, 1.807) is 12.1 Å². The molecule has 0 amide bonds. The maximum Gasteiger partial charge on any atom is 0.130 e. The molecule has 3 rings (SSSR count). The monoisotopic (exact) mass is 294 g/mol. The molecule has 2 aromatic rings. The largest absolute Gasteiger partial charge is 0.347 e. The van der Waals surface area contributed by atoms with Crippen LogP contribution in [-0.2, 0) is 6.42 Å². The summed E-state index contributed by atoms with van der Waals surface area (Å²) in [4.78, 5) is 7.50. The number of H-pyrrole nitrogens is 1. The summed E-state index contributed by atoms with van der Waals surface area (Å²) in [5.41, 5.74) is 1.55. The Bertz CT molecular complexity index is 659. The predicted octanol–water partition coefficient (Wildman–Crippen LogP) is 4.40. The SMILES string of the molecule is Fc1cccc(Cl)c1Cc1nc(=S)cc(C2CC2)[nH]1. The molecule has 0 saturated heterocycles.